The van der Waals surface area contributed by atoms with Gasteiger partial charge in [0.1, 0.15) is 5.69 Å². The van der Waals surface area contributed by atoms with Crippen molar-refractivity contribution >= 4 is 26.8 Å². The average molecular weight is 413 g/mol. The van der Waals surface area contributed by atoms with Crippen LogP contribution in [0.2, 0.25) is 0 Å². The number of rotatable bonds is 5. The second-order valence-electron chi connectivity index (χ2n) is 7.48. The first-order chi connectivity index (χ1) is 13.9. The number of hydrogen-bond acceptors (Lipinski definition) is 4. The number of benzene rings is 1. The Kier molecular flexibility index (Phi) is 5.14. The van der Waals surface area contributed by atoms with Gasteiger partial charge in [-0.25, -0.2) is 12.7 Å². The number of amides is 1. The Morgan fingerprint density at radius 1 is 1.07 bits per heavy atom. The van der Waals surface area contributed by atoms with E-state index in [2.05, 4.69) is 4.98 Å². The molecule has 1 amide bonds. The number of sulfonamides is 1. The van der Waals surface area contributed by atoms with Crippen LogP contribution in [0.5, 0.6) is 0 Å². The van der Waals surface area contributed by atoms with Gasteiger partial charge in [0.2, 0.25) is 10.0 Å². The van der Waals surface area contributed by atoms with Crippen LogP contribution in [0.3, 0.4) is 0 Å². The quantitative estimate of drug-likeness (QED) is 0.645. The Morgan fingerprint density at radius 2 is 1.76 bits per heavy atom. The van der Waals surface area contributed by atoms with Crippen LogP contribution in [0.4, 0.5) is 0 Å². The van der Waals surface area contributed by atoms with E-state index in [0.29, 0.717) is 12.2 Å². The molecule has 0 unspecified atom stereocenters. The molecule has 3 aromatic rings. The summed E-state index contributed by atoms with van der Waals surface area (Å²) in [5.41, 5.74) is 2.44. The summed E-state index contributed by atoms with van der Waals surface area (Å²) in [6, 6.07) is 10.7. The van der Waals surface area contributed by atoms with E-state index in [-0.39, 0.29) is 10.8 Å². The van der Waals surface area contributed by atoms with Gasteiger partial charge in [-0.2, -0.15) is 0 Å². The molecule has 0 saturated carbocycles. The number of pyridine rings is 1. The summed E-state index contributed by atoms with van der Waals surface area (Å²) in [5.74, 6) is -0.00947. The van der Waals surface area contributed by atoms with Crippen LogP contribution in [-0.2, 0) is 16.6 Å². The van der Waals surface area contributed by atoms with Crippen LogP contribution in [0.15, 0.2) is 53.7 Å². The zero-order valence-electron chi connectivity index (χ0n) is 16.6. The molecule has 0 aliphatic carbocycles. The van der Waals surface area contributed by atoms with Crippen LogP contribution < -0.4 is 0 Å². The first kappa shape index (κ1) is 19.6. The normalized spacial score (nSPS) is 14.8. The second kappa shape index (κ2) is 7.61. The van der Waals surface area contributed by atoms with E-state index in [1.807, 2.05) is 27.7 Å². The van der Waals surface area contributed by atoms with Gasteiger partial charge >= 0.3 is 0 Å². The van der Waals surface area contributed by atoms with E-state index in [1.54, 1.807) is 30.6 Å². The Labute approximate surface area is 170 Å². The van der Waals surface area contributed by atoms with E-state index in [4.69, 9.17) is 0 Å². The molecule has 1 saturated heterocycles. The van der Waals surface area contributed by atoms with Gasteiger partial charge in [-0.05, 0) is 54.8 Å². The molecule has 3 heterocycles. The predicted octanol–water partition coefficient (Wildman–Crippen LogP) is 2.57. The Morgan fingerprint density at radius 3 is 2.41 bits per heavy atom. The van der Waals surface area contributed by atoms with Crippen molar-refractivity contribution in [1.82, 2.24) is 18.8 Å². The molecule has 4 rings (SSSR count). The highest BCUT2D eigenvalue weighted by molar-refractivity contribution is 7.89. The lowest BCUT2D eigenvalue weighted by molar-refractivity contribution is 0.0783. The van der Waals surface area contributed by atoms with Gasteiger partial charge in [-0.1, -0.05) is 0 Å². The highest BCUT2D eigenvalue weighted by Crippen LogP contribution is 2.27. The van der Waals surface area contributed by atoms with Crippen molar-refractivity contribution in [1.29, 1.82) is 0 Å². The van der Waals surface area contributed by atoms with Crippen molar-refractivity contribution in [3.05, 3.63) is 60.0 Å². The molecule has 1 aliphatic rings. The number of fused-ring (bicyclic) bond motifs is 1. The largest absolute Gasteiger partial charge is 0.337 e. The summed E-state index contributed by atoms with van der Waals surface area (Å²) in [6.07, 6.45) is 5.48. The zero-order chi connectivity index (χ0) is 20.6. The predicted molar refractivity (Wildman–Crippen MR) is 111 cm³/mol. The fourth-order valence-corrected chi connectivity index (χ4v) is 4.66. The summed E-state index contributed by atoms with van der Waals surface area (Å²) >= 11 is 0. The number of carbonyl (C=O) groups excluding carboxylic acids is 1. The van der Waals surface area contributed by atoms with Crippen molar-refractivity contribution in [3.63, 3.8) is 0 Å². The van der Waals surface area contributed by atoms with Gasteiger partial charge in [-0.3, -0.25) is 9.78 Å². The molecule has 0 radical (unpaired) electrons. The SMILES string of the molecule is CN(C)S(=O)(=O)c1ccc2c(c1)cc(C(=O)N1CCCC1)n2Cc1ccncc1. The molecule has 0 bridgehead atoms. The minimum atomic E-state index is -3.55. The molecule has 2 aromatic heterocycles. The van der Waals surface area contributed by atoms with Gasteiger partial charge < -0.3 is 9.47 Å². The van der Waals surface area contributed by atoms with Crippen LogP contribution >= 0.6 is 0 Å². The molecule has 29 heavy (non-hydrogen) atoms. The summed E-state index contributed by atoms with van der Waals surface area (Å²) in [4.78, 5) is 19.3. The lowest BCUT2D eigenvalue weighted by Gasteiger charge is -2.17. The maximum absolute atomic E-state index is 13.2. The molecule has 1 aromatic carbocycles. The molecule has 1 fully saturated rings. The third-order valence-corrected chi connectivity index (χ3v) is 7.16. The zero-order valence-corrected chi connectivity index (χ0v) is 17.4. The third kappa shape index (κ3) is 3.65. The molecular formula is C21H24N4O3S. The summed E-state index contributed by atoms with van der Waals surface area (Å²) in [7, 11) is -0.525. The van der Waals surface area contributed by atoms with E-state index >= 15 is 0 Å². The Bertz CT molecular complexity index is 1150. The number of hydrogen-bond donors (Lipinski definition) is 0. The fourth-order valence-electron chi connectivity index (χ4n) is 3.72. The maximum Gasteiger partial charge on any atom is 0.270 e. The third-order valence-electron chi connectivity index (χ3n) is 5.35. The molecule has 8 heteroatoms. The van der Waals surface area contributed by atoms with Crippen LogP contribution in [0.1, 0.15) is 28.9 Å². The van der Waals surface area contributed by atoms with Crippen LogP contribution in [-0.4, -0.2) is 60.3 Å². The molecule has 0 atom stereocenters. The van der Waals surface area contributed by atoms with Gasteiger partial charge in [0.05, 0.1) is 4.90 Å². The summed E-state index contributed by atoms with van der Waals surface area (Å²) in [6.45, 7) is 2.03. The molecule has 0 spiro atoms. The van der Waals surface area contributed by atoms with Crippen molar-refractivity contribution in [2.75, 3.05) is 27.2 Å². The maximum atomic E-state index is 13.2. The van der Waals surface area contributed by atoms with Gasteiger partial charge in [0.25, 0.3) is 5.91 Å². The molecule has 152 valence electrons. The number of nitrogens with zero attached hydrogens (tertiary/aromatic N) is 4. The van der Waals surface area contributed by atoms with Gasteiger partial charge in [-0.15, -0.1) is 0 Å². The number of likely N-dealkylation sites (tertiary alicyclic amines) is 1. The van der Waals surface area contributed by atoms with Gasteiger partial charge in [0, 0.05) is 57.0 Å². The standard InChI is InChI=1S/C21H24N4O3S/c1-23(2)29(27,28)18-5-6-19-17(13-18)14-20(21(26)24-11-3-4-12-24)25(19)15-16-7-9-22-10-8-16/h5-10,13-14H,3-4,11-12,15H2,1-2H3. The highest BCUT2D eigenvalue weighted by Gasteiger charge is 2.25. The topological polar surface area (TPSA) is 75.5 Å². The molecule has 0 N–H and O–H groups in total. The van der Waals surface area contributed by atoms with Crippen molar-refractivity contribution in [3.8, 4) is 0 Å². The Hall–Kier alpha value is -2.71. The van der Waals surface area contributed by atoms with E-state index in [1.165, 1.54) is 18.4 Å². The minimum Gasteiger partial charge on any atom is -0.337 e. The minimum absolute atomic E-state index is 0.00947. The van der Waals surface area contributed by atoms with Crippen LogP contribution in [0.25, 0.3) is 10.9 Å². The van der Waals surface area contributed by atoms with Gasteiger partial charge in [0.15, 0.2) is 0 Å². The smallest absolute Gasteiger partial charge is 0.270 e. The second-order valence-corrected chi connectivity index (χ2v) is 9.63. The highest BCUT2D eigenvalue weighted by atomic mass is 32.2. The number of carbonyl (C=O) groups is 1. The van der Waals surface area contributed by atoms with Crippen molar-refractivity contribution in [2.24, 2.45) is 0 Å². The molecule has 1 aliphatic heterocycles. The first-order valence-electron chi connectivity index (χ1n) is 9.62. The van der Waals surface area contributed by atoms with E-state index in [0.717, 1.165) is 42.4 Å². The average Bonchev–Trinajstić information content (AvgIpc) is 3.36. The monoisotopic (exact) mass is 412 g/mol. The van der Waals surface area contributed by atoms with Crippen LogP contribution in [0, 0.1) is 0 Å². The van der Waals surface area contributed by atoms with E-state index in [9.17, 15) is 13.2 Å². The summed E-state index contributed by atoms with van der Waals surface area (Å²) in [5, 5.41) is 0.740. The van der Waals surface area contributed by atoms with Crippen molar-refractivity contribution < 1.29 is 13.2 Å². The van der Waals surface area contributed by atoms with Crippen molar-refractivity contribution in [2.45, 2.75) is 24.3 Å². The fraction of sp³-hybridized carbons (Fsp3) is 0.333. The Balaban J connectivity index is 1.84. The lowest BCUT2D eigenvalue weighted by Crippen LogP contribution is -2.29. The lowest BCUT2D eigenvalue weighted by atomic mass is 10.2. The molecule has 7 nitrogen and oxygen atoms in total. The summed E-state index contributed by atoms with van der Waals surface area (Å²) < 4.78 is 28.2. The van der Waals surface area contributed by atoms with E-state index < -0.39 is 10.0 Å². The molecular weight excluding hydrogens is 388 g/mol. The number of aromatic nitrogens is 2. The first-order valence-corrected chi connectivity index (χ1v) is 11.1.